The first-order valence-corrected chi connectivity index (χ1v) is 9.84. The van der Waals surface area contributed by atoms with Crippen LogP contribution in [0.25, 0.3) is 10.4 Å². The van der Waals surface area contributed by atoms with Gasteiger partial charge < -0.3 is 15.8 Å². The molecule has 0 fully saturated rings. The third-order valence-electron chi connectivity index (χ3n) is 4.22. The number of halogens is 2. The van der Waals surface area contributed by atoms with Gasteiger partial charge in [-0.25, -0.2) is 19.9 Å². The maximum absolute atomic E-state index is 12.9. The molecule has 3 aromatic heterocycles. The van der Waals surface area contributed by atoms with Crippen molar-refractivity contribution in [3.63, 3.8) is 0 Å². The molecule has 160 valence electrons. The molecule has 0 aliphatic rings. The summed E-state index contributed by atoms with van der Waals surface area (Å²) in [5.74, 6) is 0.712. The predicted octanol–water partition coefficient (Wildman–Crippen LogP) is 1.85. The van der Waals surface area contributed by atoms with Crippen LogP contribution >= 0.6 is 11.3 Å². The maximum Gasteiger partial charge on any atom is 0.343 e. The van der Waals surface area contributed by atoms with E-state index in [2.05, 4.69) is 25.5 Å². The van der Waals surface area contributed by atoms with Crippen molar-refractivity contribution in [2.45, 2.75) is 13.0 Å². The van der Waals surface area contributed by atoms with Crippen molar-refractivity contribution in [2.24, 2.45) is 5.73 Å². The van der Waals surface area contributed by atoms with E-state index in [1.807, 2.05) is 12.1 Å². The van der Waals surface area contributed by atoms with Crippen LogP contribution in [0.2, 0.25) is 0 Å². The number of thiophene rings is 1. The monoisotopic (exact) mass is 437 g/mol. The van der Waals surface area contributed by atoms with Gasteiger partial charge in [-0.05, 0) is 12.1 Å². The van der Waals surface area contributed by atoms with E-state index in [0.29, 0.717) is 19.1 Å². The van der Waals surface area contributed by atoms with Crippen LogP contribution < -0.4 is 16.7 Å². The average Bonchev–Trinajstić information content (AvgIpc) is 3.34. The highest BCUT2D eigenvalue weighted by Crippen LogP contribution is 2.28. The van der Waals surface area contributed by atoms with E-state index < -0.39 is 11.8 Å². The number of ether oxygens (including phenoxy) is 1. The highest BCUT2D eigenvalue weighted by Gasteiger charge is 2.15. The lowest BCUT2D eigenvalue weighted by Crippen LogP contribution is -2.20. The quantitative estimate of drug-likeness (QED) is 0.414. The Bertz CT molecular complexity index is 1060. The Morgan fingerprint density at radius 1 is 1.33 bits per heavy atom. The second-order valence-corrected chi connectivity index (χ2v) is 7.43. The van der Waals surface area contributed by atoms with Crippen molar-refractivity contribution in [2.75, 3.05) is 32.1 Å². The first-order valence-electron chi connectivity index (χ1n) is 9.03. The fraction of sp³-hybridized carbons (Fsp3) is 0.333. The van der Waals surface area contributed by atoms with Gasteiger partial charge in [0.05, 0.1) is 13.2 Å². The van der Waals surface area contributed by atoms with E-state index in [1.165, 1.54) is 15.9 Å². The summed E-state index contributed by atoms with van der Waals surface area (Å²) in [6.45, 7) is 1.06. The van der Waals surface area contributed by atoms with Gasteiger partial charge in [0.15, 0.2) is 0 Å². The van der Waals surface area contributed by atoms with E-state index in [4.69, 9.17) is 10.5 Å². The van der Waals surface area contributed by atoms with Crippen molar-refractivity contribution in [1.82, 2.24) is 24.7 Å². The normalized spacial score (nSPS) is 10.9. The molecule has 0 spiro atoms. The molecule has 0 aromatic carbocycles. The highest BCUT2D eigenvalue weighted by molar-refractivity contribution is 7.15. The summed E-state index contributed by atoms with van der Waals surface area (Å²) < 4.78 is 32.1. The smallest absolute Gasteiger partial charge is 0.343 e. The number of aromatic amines is 1. The predicted molar refractivity (Wildman–Crippen MR) is 110 cm³/mol. The molecule has 0 saturated heterocycles. The minimum Gasteiger partial charge on any atom is -0.383 e. The molecule has 4 N–H and O–H groups in total. The molecule has 3 aromatic rings. The zero-order valence-corrected chi connectivity index (χ0v) is 17.0. The lowest BCUT2D eigenvalue weighted by atomic mass is 10.2. The summed E-state index contributed by atoms with van der Waals surface area (Å²) >= 11 is 1.45. The first kappa shape index (κ1) is 21.7. The molecule has 3 rings (SSSR count). The number of nitrogens with one attached hydrogen (secondary N) is 2. The van der Waals surface area contributed by atoms with Crippen LogP contribution in [0.4, 0.5) is 14.7 Å². The molecule has 0 unspecified atom stereocenters. The van der Waals surface area contributed by atoms with Crippen molar-refractivity contribution in [3.05, 3.63) is 57.4 Å². The van der Waals surface area contributed by atoms with Crippen molar-refractivity contribution in [3.8, 4) is 10.4 Å². The number of hydrogen-bond acceptors (Lipinski definition) is 8. The van der Waals surface area contributed by atoms with Crippen LogP contribution in [0, 0.1) is 0 Å². The van der Waals surface area contributed by atoms with E-state index in [0.717, 1.165) is 15.3 Å². The number of hydrogen-bond donors (Lipinski definition) is 3. The topological polar surface area (TPSA) is 124 Å². The molecule has 30 heavy (non-hydrogen) atoms. The fourth-order valence-electron chi connectivity index (χ4n) is 2.64. The Hall–Kier alpha value is -2.96. The van der Waals surface area contributed by atoms with Crippen LogP contribution in [0.5, 0.6) is 0 Å². The van der Waals surface area contributed by atoms with E-state index >= 15 is 0 Å². The molecule has 0 bridgehead atoms. The summed E-state index contributed by atoms with van der Waals surface area (Å²) in [5, 5.41) is 9.21. The molecular weight excluding hydrogens is 416 g/mol. The summed E-state index contributed by atoms with van der Waals surface area (Å²) in [4.78, 5) is 22.4. The lowest BCUT2D eigenvalue weighted by molar-refractivity contribution is 0.210. The number of methoxy groups -OCH3 is 1. The Labute approximate surface area is 174 Å². The zero-order valence-electron chi connectivity index (χ0n) is 16.2. The Balaban J connectivity index is 1.73. The Morgan fingerprint density at radius 2 is 2.10 bits per heavy atom. The third kappa shape index (κ3) is 5.34. The standard InChI is InChI=1S/C18H21F2N7O2S/c1-29-5-4-22-17-23-8-12(9-24-17)14-3-2-13(30-14)10-27-15(25-26-18(27)28)6-11(7-21)16(19)20/h2-3,8-9H,4-7,10,21H2,1H3,(H,26,28)(H,22,23,24). The molecule has 0 radical (unpaired) electrons. The van der Waals surface area contributed by atoms with Crippen LogP contribution in [0.3, 0.4) is 0 Å². The molecule has 0 amide bonds. The summed E-state index contributed by atoms with van der Waals surface area (Å²) in [7, 11) is 1.62. The largest absolute Gasteiger partial charge is 0.383 e. The Morgan fingerprint density at radius 3 is 2.77 bits per heavy atom. The van der Waals surface area contributed by atoms with Crippen LogP contribution in [0.1, 0.15) is 10.7 Å². The molecular formula is C18H21F2N7O2S. The van der Waals surface area contributed by atoms with Gasteiger partial charge in [-0.3, -0.25) is 4.57 Å². The summed E-state index contributed by atoms with van der Waals surface area (Å²) in [6.07, 6.45) is 1.37. The molecule has 3 heterocycles. The van der Waals surface area contributed by atoms with Crippen molar-refractivity contribution in [1.29, 1.82) is 0 Å². The number of nitrogens with zero attached hydrogens (tertiary/aromatic N) is 4. The van der Waals surface area contributed by atoms with Gasteiger partial charge in [-0.15, -0.1) is 11.3 Å². The van der Waals surface area contributed by atoms with E-state index in [-0.39, 0.29) is 30.9 Å². The fourth-order valence-corrected chi connectivity index (χ4v) is 3.61. The van der Waals surface area contributed by atoms with Gasteiger partial charge in [0, 0.05) is 59.9 Å². The molecule has 9 nitrogen and oxygen atoms in total. The minimum absolute atomic E-state index is 0.193. The molecule has 0 saturated carbocycles. The van der Waals surface area contributed by atoms with E-state index in [9.17, 15) is 13.6 Å². The SMILES string of the molecule is COCCNc1ncc(-c2ccc(Cn3c(CC(CN)=C(F)F)n[nH]c3=O)s2)cn1. The van der Waals surface area contributed by atoms with Gasteiger partial charge in [-0.2, -0.15) is 13.9 Å². The average molecular weight is 437 g/mol. The second-order valence-electron chi connectivity index (χ2n) is 6.26. The van der Waals surface area contributed by atoms with Crippen LogP contribution in [0.15, 0.2) is 41.0 Å². The van der Waals surface area contributed by atoms with Gasteiger partial charge >= 0.3 is 5.69 Å². The molecule has 0 aliphatic heterocycles. The van der Waals surface area contributed by atoms with Crippen molar-refractivity contribution < 1.29 is 13.5 Å². The van der Waals surface area contributed by atoms with Gasteiger partial charge in [0.25, 0.3) is 6.08 Å². The van der Waals surface area contributed by atoms with Gasteiger partial charge in [0.1, 0.15) is 5.82 Å². The van der Waals surface area contributed by atoms with Gasteiger partial charge in [0.2, 0.25) is 5.95 Å². The number of H-pyrrole nitrogens is 1. The highest BCUT2D eigenvalue weighted by atomic mass is 32.1. The minimum atomic E-state index is -1.85. The molecule has 12 heteroatoms. The zero-order chi connectivity index (χ0) is 21.5. The van der Waals surface area contributed by atoms with Crippen LogP contribution in [-0.4, -0.2) is 51.5 Å². The number of nitrogens with two attached hydrogens (primary N) is 1. The summed E-state index contributed by atoms with van der Waals surface area (Å²) in [5.41, 5.74) is 5.47. The number of aromatic nitrogens is 5. The second kappa shape index (κ2) is 10.2. The molecule has 0 atom stereocenters. The van der Waals surface area contributed by atoms with E-state index in [1.54, 1.807) is 19.5 Å². The summed E-state index contributed by atoms with van der Waals surface area (Å²) in [6, 6.07) is 3.76. The number of rotatable bonds is 10. The first-order chi connectivity index (χ1) is 14.5. The molecule has 0 aliphatic carbocycles. The van der Waals surface area contributed by atoms with Gasteiger partial charge in [-0.1, -0.05) is 0 Å². The third-order valence-corrected chi connectivity index (χ3v) is 5.34. The Kier molecular flexibility index (Phi) is 7.38. The number of anilines is 1. The van der Waals surface area contributed by atoms with Crippen LogP contribution in [-0.2, 0) is 17.7 Å². The van der Waals surface area contributed by atoms with Crippen molar-refractivity contribution >= 4 is 17.3 Å². The maximum atomic E-state index is 12.9. The lowest BCUT2D eigenvalue weighted by Gasteiger charge is -2.06.